The van der Waals surface area contributed by atoms with Crippen LogP contribution in [0.4, 0.5) is 0 Å². The summed E-state index contributed by atoms with van der Waals surface area (Å²) in [5.74, 6) is 0. The molecular formula is C11H9KO3S. The summed E-state index contributed by atoms with van der Waals surface area (Å²) in [6.07, 6.45) is 0. The van der Waals surface area contributed by atoms with Crippen molar-refractivity contribution in [1.29, 1.82) is 0 Å². The number of benzene rings is 2. The maximum atomic E-state index is 11.0. The summed E-state index contributed by atoms with van der Waals surface area (Å²) in [5.41, 5.74) is 0.794. The maximum Gasteiger partial charge on any atom is 1.00 e. The summed E-state index contributed by atoms with van der Waals surface area (Å²) in [7, 11) is -4.40. The first-order chi connectivity index (χ1) is 7.00. The molecule has 2 rings (SSSR count). The zero-order chi connectivity index (χ0) is 11.1. The van der Waals surface area contributed by atoms with E-state index in [0.29, 0.717) is 5.39 Å². The van der Waals surface area contributed by atoms with E-state index in [1.54, 1.807) is 31.2 Å². The average molecular weight is 260 g/mol. The summed E-state index contributed by atoms with van der Waals surface area (Å²) in [6.45, 7) is 1.79. The van der Waals surface area contributed by atoms with E-state index in [-0.39, 0.29) is 56.3 Å². The van der Waals surface area contributed by atoms with Crippen molar-refractivity contribution >= 4 is 20.9 Å². The number of rotatable bonds is 1. The molecule has 0 aromatic heterocycles. The molecule has 0 atom stereocenters. The Balaban J connectivity index is 0.00000128. The third kappa shape index (κ3) is 2.73. The van der Waals surface area contributed by atoms with Crippen LogP contribution in [0.3, 0.4) is 0 Å². The van der Waals surface area contributed by atoms with E-state index < -0.39 is 10.1 Å². The summed E-state index contributed by atoms with van der Waals surface area (Å²) < 4.78 is 33.1. The number of aryl methyl sites for hydroxylation is 1. The van der Waals surface area contributed by atoms with Crippen molar-refractivity contribution in [3.8, 4) is 0 Å². The number of fused-ring (bicyclic) bond motifs is 1. The van der Waals surface area contributed by atoms with E-state index in [9.17, 15) is 13.0 Å². The average Bonchev–Trinajstić information content (AvgIpc) is 2.16. The van der Waals surface area contributed by atoms with Gasteiger partial charge in [-0.05, 0) is 23.9 Å². The third-order valence-corrected chi connectivity index (χ3v) is 3.22. The molecule has 78 valence electrons. The van der Waals surface area contributed by atoms with Gasteiger partial charge < -0.3 is 4.55 Å². The minimum absolute atomic E-state index is 0. The molecule has 0 N–H and O–H groups in total. The molecule has 0 aliphatic heterocycles. The van der Waals surface area contributed by atoms with E-state index >= 15 is 0 Å². The predicted octanol–water partition coefficient (Wildman–Crippen LogP) is -0.944. The van der Waals surface area contributed by atoms with Crippen molar-refractivity contribution in [3.63, 3.8) is 0 Å². The van der Waals surface area contributed by atoms with E-state index in [1.165, 1.54) is 6.07 Å². The van der Waals surface area contributed by atoms with Crippen LogP contribution in [0.25, 0.3) is 10.8 Å². The quantitative estimate of drug-likeness (QED) is 0.491. The van der Waals surface area contributed by atoms with Crippen LogP contribution >= 0.6 is 0 Å². The molecule has 0 aliphatic carbocycles. The third-order valence-electron chi connectivity index (χ3n) is 2.34. The predicted molar refractivity (Wildman–Crippen MR) is 56.6 cm³/mol. The van der Waals surface area contributed by atoms with Crippen LogP contribution < -0.4 is 51.4 Å². The molecule has 0 radical (unpaired) electrons. The van der Waals surface area contributed by atoms with Gasteiger partial charge in [0, 0.05) is 5.39 Å². The molecule has 0 saturated carbocycles. The molecular weight excluding hydrogens is 251 g/mol. The van der Waals surface area contributed by atoms with Gasteiger partial charge in [0.2, 0.25) is 0 Å². The normalized spacial score (nSPS) is 11.1. The second-order valence-corrected chi connectivity index (χ2v) is 4.73. The van der Waals surface area contributed by atoms with E-state index in [1.807, 2.05) is 6.07 Å². The molecule has 0 amide bonds. The van der Waals surface area contributed by atoms with Gasteiger partial charge in [-0.2, -0.15) is 0 Å². The van der Waals surface area contributed by atoms with Gasteiger partial charge in [-0.3, -0.25) is 0 Å². The SMILES string of the molecule is Cc1cccc2cccc(S(=O)(=O)[O-])c12.[K+]. The second kappa shape index (κ2) is 5.26. The van der Waals surface area contributed by atoms with Crippen molar-refractivity contribution in [2.24, 2.45) is 0 Å². The molecule has 3 nitrogen and oxygen atoms in total. The summed E-state index contributed by atoms with van der Waals surface area (Å²) in [5, 5.41) is 1.29. The summed E-state index contributed by atoms with van der Waals surface area (Å²) in [4.78, 5) is -0.141. The van der Waals surface area contributed by atoms with E-state index in [4.69, 9.17) is 0 Å². The van der Waals surface area contributed by atoms with Crippen LogP contribution in [0.5, 0.6) is 0 Å². The molecule has 0 aliphatic rings. The van der Waals surface area contributed by atoms with Crippen LogP contribution in [0.15, 0.2) is 41.3 Å². The van der Waals surface area contributed by atoms with Crippen molar-refractivity contribution in [3.05, 3.63) is 42.0 Å². The smallest absolute Gasteiger partial charge is 0.744 e. The van der Waals surface area contributed by atoms with Gasteiger partial charge in [-0.1, -0.05) is 30.3 Å². The Morgan fingerprint density at radius 1 is 1.06 bits per heavy atom. The van der Waals surface area contributed by atoms with Crippen LogP contribution in [0.1, 0.15) is 5.56 Å². The molecule has 2 aromatic carbocycles. The molecule has 2 aromatic rings. The van der Waals surface area contributed by atoms with Crippen LogP contribution in [0.2, 0.25) is 0 Å². The fraction of sp³-hybridized carbons (Fsp3) is 0.0909. The van der Waals surface area contributed by atoms with Crippen molar-refractivity contribution < 1.29 is 64.4 Å². The molecule has 0 fully saturated rings. The minimum atomic E-state index is -4.40. The molecule has 0 heterocycles. The Morgan fingerprint density at radius 3 is 2.19 bits per heavy atom. The fourth-order valence-electron chi connectivity index (χ4n) is 1.70. The van der Waals surface area contributed by atoms with Gasteiger partial charge in [0.25, 0.3) is 0 Å². The Morgan fingerprint density at radius 2 is 1.62 bits per heavy atom. The molecule has 0 saturated heterocycles. The first kappa shape index (κ1) is 14.3. The van der Waals surface area contributed by atoms with Crippen LogP contribution in [0, 0.1) is 6.92 Å². The Labute approximate surface area is 137 Å². The first-order valence-electron chi connectivity index (χ1n) is 4.44. The Hall–Kier alpha value is 0.246. The van der Waals surface area contributed by atoms with Gasteiger partial charge in [0.15, 0.2) is 0 Å². The zero-order valence-electron chi connectivity index (χ0n) is 9.10. The second-order valence-electron chi connectivity index (χ2n) is 3.38. The van der Waals surface area contributed by atoms with Gasteiger partial charge in [-0.25, -0.2) is 8.42 Å². The van der Waals surface area contributed by atoms with Gasteiger partial charge in [0.1, 0.15) is 10.1 Å². The summed E-state index contributed by atoms with van der Waals surface area (Å²) >= 11 is 0. The largest absolute Gasteiger partial charge is 1.00 e. The van der Waals surface area contributed by atoms with E-state index in [0.717, 1.165) is 10.9 Å². The minimum Gasteiger partial charge on any atom is -0.744 e. The molecule has 5 heteroatoms. The Bertz CT molecular complexity index is 615. The number of hydrogen-bond donors (Lipinski definition) is 0. The van der Waals surface area contributed by atoms with Crippen molar-refractivity contribution in [2.75, 3.05) is 0 Å². The van der Waals surface area contributed by atoms with Gasteiger partial charge in [-0.15, -0.1) is 0 Å². The molecule has 16 heavy (non-hydrogen) atoms. The first-order valence-corrected chi connectivity index (χ1v) is 5.85. The van der Waals surface area contributed by atoms with Gasteiger partial charge >= 0.3 is 51.4 Å². The zero-order valence-corrected chi connectivity index (χ0v) is 13.0. The van der Waals surface area contributed by atoms with Gasteiger partial charge in [0.05, 0.1) is 4.90 Å². The molecule has 0 spiro atoms. The molecule has 0 unspecified atom stereocenters. The Kier molecular flexibility index (Phi) is 4.71. The number of hydrogen-bond acceptors (Lipinski definition) is 3. The molecule has 0 bridgehead atoms. The fourth-order valence-corrected chi connectivity index (χ4v) is 2.47. The van der Waals surface area contributed by atoms with Crippen molar-refractivity contribution in [1.82, 2.24) is 0 Å². The summed E-state index contributed by atoms with van der Waals surface area (Å²) in [6, 6.07) is 10.1. The standard InChI is InChI=1S/C11H10O3S.K/c1-8-4-2-5-9-6-3-7-10(11(8)9)15(12,13)14;/h2-7H,1H3,(H,12,13,14);/q;+1/p-1. The van der Waals surface area contributed by atoms with Crippen LogP contribution in [-0.2, 0) is 10.1 Å². The maximum absolute atomic E-state index is 11.0. The van der Waals surface area contributed by atoms with E-state index in [2.05, 4.69) is 0 Å². The topological polar surface area (TPSA) is 57.2 Å². The monoisotopic (exact) mass is 260 g/mol. The van der Waals surface area contributed by atoms with Crippen molar-refractivity contribution in [2.45, 2.75) is 11.8 Å². The van der Waals surface area contributed by atoms with Crippen LogP contribution in [-0.4, -0.2) is 13.0 Å².